The molecule has 3 heterocycles. The molecule has 0 radical (unpaired) electrons. The second-order valence-electron chi connectivity index (χ2n) is 2.81. The summed E-state index contributed by atoms with van der Waals surface area (Å²) >= 11 is 1.73. The lowest BCUT2D eigenvalue weighted by atomic mass is 10.3. The maximum absolute atomic E-state index is 4.41. The van der Waals surface area contributed by atoms with E-state index in [0.29, 0.717) is 0 Å². The average Bonchev–Trinajstić information content (AvgIpc) is 2.65. The molecule has 0 saturated heterocycles. The molecular formula is C9H7N3S. The fraction of sp³-hybridized carbons (Fsp3) is 0.111. The van der Waals surface area contributed by atoms with Crippen LogP contribution >= 0.6 is 11.8 Å². The summed E-state index contributed by atoms with van der Waals surface area (Å²) in [6.45, 7) is 0. The average molecular weight is 189 g/mol. The maximum atomic E-state index is 4.41. The van der Waals surface area contributed by atoms with Gasteiger partial charge in [-0.25, -0.2) is 4.99 Å². The number of aliphatic imine (C=N–C) groups is 2. The van der Waals surface area contributed by atoms with Crippen molar-refractivity contribution in [3.8, 4) is 0 Å². The molecule has 0 saturated carbocycles. The highest BCUT2D eigenvalue weighted by Crippen LogP contribution is 2.30. The molecular weight excluding hydrogens is 182 g/mol. The Kier molecular flexibility index (Phi) is 1.43. The van der Waals surface area contributed by atoms with Gasteiger partial charge in [0.1, 0.15) is 11.7 Å². The van der Waals surface area contributed by atoms with Gasteiger partial charge >= 0.3 is 0 Å². The molecule has 3 nitrogen and oxygen atoms in total. The molecule has 13 heavy (non-hydrogen) atoms. The van der Waals surface area contributed by atoms with E-state index in [0.717, 1.165) is 17.5 Å². The molecule has 0 aromatic carbocycles. The van der Waals surface area contributed by atoms with Crippen LogP contribution in [0.4, 0.5) is 0 Å². The number of rotatable bonds is 0. The Hall–Kier alpha value is -1.29. The summed E-state index contributed by atoms with van der Waals surface area (Å²) in [4.78, 5) is 11.9. The number of amidine groups is 2. The number of thioether (sulfide) groups is 1. The zero-order valence-electron chi connectivity index (χ0n) is 6.84. The zero-order chi connectivity index (χ0) is 8.67. The lowest BCUT2D eigenvalue weighted by molar-refractivity contribution is 0.819. The van der Waals surface area contributed by atoms with Crippen LogP contribution in [0.5, 0.6) is 0 Å². The summed E-state index contributed by atoms with van der Waals surface area (Å²) in [5, 5.41) is 0. The maximum Gasteiger partial charge on any atom is 0.149 e. The SMILES string of the molecule is C1=CC2=NC=C3SCN=C3N2C=C1. The van der Waals surface area contributed by atoms with Crippen LogP contribution in [0.25, 0.3) is 0 Å². The van der Waals surface area contributed by atoms with Crippen molar-refractivity contribution in [2.75, 3.05) is 5.88 Å². The number of nitrogens with zero attached hydrogens (tertiary/aromatic N) is 3. The number of allylic oxidation sites excluding steroid dienone is 2. The van der Waals surface area contributed by atoms with E-state index in [2.05, 4.69) is 9.98 Å². The first kappa shape index (κ1) is 7.15. The van der Waals surface area contributed by atoms with E-state index in [4.69, 9.17) is 0 Å². The third kappa shape index (κ3) is 0.986. The van der Waals surface area contributed by atoms with Crippen molar-refractivity contribution in [3.05, 3.63) is 35.5 Å². The molecule has 64 valence electrons. The van der Waals surface area contributed by atoms with E-state index in [-0.39, 0.29) is 0 Å². The fourth-order valence-corrected chi connectivity index (χ4v) is 2.18. The second kappa shape index (κ2) is 2.60. The molecule has 0 aromatic heterocycles. The Bertz CT molecular complexity index is 399. The van der Waals surface area contributed by atoms with Crippen molar-refractivity contribution < 1.29 is 0 Å². The van der Waals surface area contributed by atoms with Gasteiger partial charge in [0.15, 0.2) is 0 Å². The lowest BCUT2D eigenvalue weighted by Gasteiger charge is -2.24. The Labute approximate surface area is 80.2 Å². The predicted octanol–water partition coefficient (Wildman–Crippen LogP) is 1.73. The first-order chi connectivity index (χ1) is 6.45. The summed E-state index contributed by atoms with van der Waals surface area (Å²) in [5.74, 6) is 2.81. The Morgan fingerprint density at radius 3 is 3.38 bits per heavy atom. The highest BCUT2D eigenvalue weighted by atomic mass is 32.2. The van der Waals surface area contributed by atoms with E-state index in [1.165, 1.54) is 4.91 Å². The largest absolute Gasteiger partial charge is 0.285 e. The Balaban J connectivity index is 2.12. The smallest absolute Gasteiger partial charge is 0.149 e. The lowest BCUT2D eigenvalue weighted by Crippen LogP contribution is -2.33. The van der Waals surface area contributed by atoms with Crippen molar-refractivity contribution in [1.82, 2.24) is 4.90 Å². The van der Waals surface area contributed by atoms with Crippen molar-refractivity contribution >= 4 is 23.4 Å². The first-order valence-corrected chi connectivity index (χ1v) is 5.03. The van der Waals surface area contributed by atoms with E-state index >= 15 is 0 Å². The minimum atomic E-state index is 0.817. The summed E-state index contributed by atoms with van der Waals surface area (Å²) in [5.41, 5.74) is 0. The molecule has 0 amide bonds. The standard InChI is InChI=1S/C9H7N3S/c1-2-4-12-8(3-1)10-5-7-9(12)11-6-13-7/h1-5H,6H2. The van der Waals surface area contributed by atoms with Crippen molar-refractivity contribution in [3.63, 3.8) is 0 Å². The number of fused-ring (bicyclic) bond motifs is 3. The minimum absolute atomic E-state index is 0.817. The Morgan fingerprint density at radius 1 is 1.38 bits per heavy atom. The summed E-state index contributed by atoms with van der Waals surface area (Å²) in [6, 6.07) is 0. The fourth-order valence-electron chi connectivity index (χ4n) is 1.44. The molecule has 0 unspecified atom stereocenters. The van der Waals surface area contributed by atoms with Crippen LogP contribution in [0.3, 0.4) is 0 Å². The molecule has 3 aliphatic heterocycles. The minimum Gasteiger partial charge on any atom is -0.285 e. The van der Waals surface area contributed by atoms with Crippen molar-refractivity contribution in [2.45, 2.75) is 0 Å². The van der Waals surface area contributed by atoms with Crippen LogP contribution in [0.1, 0.15) is 0 Å². The van der Waals surface area contributed by atoms with Gasteiger partial charge in [0.05, 0.1) is 10.8 Å². The molecule has 3 rings (SSSR count). The van der Waals surface area contributed by atoms with Gasteiger partial charge in [-0.3, -0.25) is 9.89 Å². The summed E-state index contributed by atoms with van der Waals surface area (Å²) in [7, 11) is 0. The van der Waals surface area contributed by atoms with Gasteiger partial charge in [-0.15, -0.1) is 0 Å². The molecule has 0 aromatic rings. The van der Waals surface area contributed by atoms with Gasteiger partial charge in [0.25, 0.3) is 0 Å². The third-order valence-electron chi connectivity index (χ3n) is 2.04. The van der Waals surface area contributed by atoms with Crippen LogP contribution in [-0.4, -0.2) is 22.4 Å². The highest BCUT2D eigenvalue weighted by Gasteiger charge is 2.25. The van der Waals surface area contributed by atoms with E-state index < -0.39 is 0 Å². The topological polar surface area (TPSA) is 28.0 Å². The van der Waals surface area contributed by atoms with E-state index in [1.807, 2.05) is 35.5 Å². The van der Waals surface area contributed by atoms with Crippen LogP contribution in [0, 0.1) is 0 Å². The molecule has 0 aliphatic carbocycles. The van der Waals surface area contributed by atoms with E-state index in [1.54, 1.807) is 11.8 Å². The zero-order valence-corrected chi connectivity index (χ0v) is 7.66. The first-order valence-electron chi connectivity index (χ1n) is 4.05. The highest BCUT2D eigenvalue weighted by molar-refractivity contribution is 8.04. The van der Waals surface area contributed by atoms with Crippen LogP contribution in [-0.2, 0) is 0 Å². The van der Waals surface area contributed by atoms with Gasteiger partial charge < -0.3 is 0 Å². The molecule has 0 atom stereocenters. The molecule has 0 bridgehead atoms. The van der Waals surface area contributed by atoms with Gasteiger partial charge in [-0.2, -0.15) is 0 Å². The van der Waals surface area contributed by atoms with Crippen LogP contribution < -0.4 is 0 Å². The van der Waals surface area contributed by atoms with Crippen molar-refractivity contribution in [2.24, 2.45) is 9.98 Å². The summed E-state index contributed by atoms with van der Waals surface area (Å²) < 4.78 is 0. The van der Waals surface area contributed by atoms with Gasteiger partial charge in [0.2, 0.25) is 0 Å². The molecule has 0 N–H and O–H groups in total. The number of hydrogen-bond donors (Lipinski definition) is 0. The monoisotopic (exact) mass is 189 g/mol. The van der Waals surface area contributed by atoms with E-state index in [9.17, 15) is 0 Å². The molecule has 0 spiro atoms. The van der Waals surface area contributed by atoms with Crippen molar-refractivity contribution in [1.29, 1.82) is 0 Å². The quantitative estimate of drug-likeness (QED) is 0.580. The predicted molar refractivity (Wildman–Crippen MR) is 55.5 cm³/mol. The van der Waals surface area contributed by atoms with Gasteiger partial charge in [-0.05, 0) is 12.2 Å². The van der Waals surface area contributed by atoms with Gasteiger partial charge in [-0.1, -0.05) is 17.8 Å². The third-order valence-corrected chi connectivity index (χ3v) is 2.89. The van der Waals surface area contributed by atoms with Gasteiger partial charge in [0, 0.05) is 12.4 Å². The number of hydrogen-bond acceptors (Lipinski definition) is 4. The summed E-state index contributed by atoms with van der Waals surface area (Å²) in [6.07, 6.45) is 9.85. The molecule has 3 aliphatic rings. The second-order valence-corrected chi connectivity index (χ2v) is 3.79. The Morgan fingerprint density at radius 2 is 2.38 bits per heavy atom. The normalized spacial score (nSPS) is 23.4. The van der Waals surface area contributed by atoms with Crippen LogP contribution in [0.2, 0.25) is 0 Å². The van der Waals surface area contributed by atoms with Crippen LogP contribution in [0.15, 0.2) is 45.5 Å². The molecule has 0 fully saturated rings. The molecule has 4 heteroatoms.